The van der Waals surface area contributed by atoms with Crippen LogP contribution in [0.2, 0.25) is 0 Å². The molecule has 1 amide bonds. The Kier molecular flexibility index (Phi) is 4.42. The molecule has 5 heteroatoms. The summed E-state index contributed by atoms with van der Waals surface area (Å²) < 4.78 is 1.79. The first-order chi connectivity index (χ1) is 9.97. The van der Waals surface area contributed by atoms with E-state index >= 15 is 0 Å². The molecule has 0 aliphatic heterocycles. The van der Waals surface area contributed by atoms with Crippen LogP contribution in [0.4, 0.5) is 5.69 Å². The van der Waals surface area contributed by atoms with Crippen molar-refractivity contribution in [3.8, 4) is 0 Å². The highest BCUT2D eigenvalue weighted by molar-refractivity contribution is 5.92. The normalized spacial score (nSPS) is 12.5. The Morgan fingerprint density at radius 2 is 2.24 bits per heavy atom. The van der Waals surface area contributed by atoms with Gasteiger partial charge in [-0.2, -0.15) is 5.10 Å². The summed E-state index contributed by atoms with van der Waals surface area (Å²) >= 11 is 0. The van der Waals surface area contributed by atoms with Crippen molar-refractivity contribution in [1.29, 1.82) is 0 Å². The lowest BCUT2D eigenvalue weighted by atomic mass is 10.1. The zero-order valence-corrected chi connectivity index (χ0v) is 12.5. The molecule has 0 fully saturated rings. The maximum absolute atomic E-state index is 11.9. The minimum absolute atomic E-state index is 0.0864. The molecule has 21 heavy (non-hydrogen) atoms. The third-order valence-electron chi connectivity index (χ3n) is 3.44. The average Bonchev–Trinajstić information content (AvgIpc) is 2.77. The first-order valence-corrected chi connectivity index (χ1v) is 6.80. The number of rotatable bonds is 4. The topological polar surface area (TPSA) is 72.9 Å². The van der Waals surface area contributed by atoms with Crippen LogP contribution in [0.15, 0.2) is 36.5 Å². The van der Waals surface area contributed by atoms with Crippen molar-refractivity contribution in [1.82, 2.24) is 15.1 Å². The molecule has 1 aromatic carbocycles. The average molecular weight is 284 g/mol. The van der Waals surface area contributed by atoms with E-state index in [1.54, 1.807) is 17.0 Å². The summed E-state index contributed by atoms with van der Waals surface area (Å²) in [6.07, 6.45) is 5.04. The summed E-state index contributed by atoms with van der Waals surface area (Å²) in [6.45, 7) is 3.92. The monoisotopic (exact) mass is 284 g/mol. The second-order valence-electron chi connectivity index (χ2n) is 5.04. The van der Waals surface area contributed by atoms with Crippen LogP contribution in [0.5, 0.6) is 0 Å². The molecule has 0 aliphatic rings. The Labute approximate surface area is 124 Å². The summed E-state index contributed by atoms with van der Waals surface area (Å²) in [5.74, 6) is -0.145. The van der Waals surface area contributed by atoms with Gasteiger partial charge in [-0.3, -0.25) is 9.48 Å². The maximum Gasteiger partial charge on any atom is 0.244 e. The van der Waals surface area contributed by atoms with E-state index in [4.69, 9.17) is 5.73 Å². The number of carbonyl (C=O) groups excluding carboxylic acids is 1. The number of nitrogens with two attached hydrogens (primary N) is 1. The van der Waals surface area contributed by atoms with Crippen molar-refractivity contribution < 1.29 is 4.79 Å². The molecule has 0 saturated carbocycles. The number of nitrogens with one attached hydrogen (secondary N) is 1. The number of hydrogen-bond donors (Lipinski definition) is 2. The highest BCUT2D eigenvalue weighted by Gasteiger charge is 2.13. The Morgan fingerprint density at radius 3 is 2.86 bits per heavy atom. The maximum atomic E-state index is 11.9. The third-order valence-corrected chi connectivity index (χ3v) is 3.44. The highest BCUT2D eigenvalue weighted by atomic mass is 16.1. The van der Waals surface area contributed by atoms with Crippen LogP contribution in [0, 0.1) is 6.92 Å². The van der Waals surface area contributed by atoms with E-state index < -0.39 is 0 Å². The fraction of sp³-hybridized carbons (Fsp3) is 0.250. The lowest BCUT2D eigenvalue weighted by molar-refractivity contribution is -0.117. The molecule has 1 aromatic heterocycles. The number of carbonyl (C=O) groups is 1. The molecule has 5 nitrogen and oxygen atoms in total. The van der Waals surface area contributed by atoms with Crippen molar-refractivity contribution in [2.45, 2.75) is 19.9 Å². The van der Waals surface area contributed by atoms with Crippen molar-refractivity contribution in [2.75, 3.05) is 5.73 Å². The van der Waals surface area contributed by atoms with Gasteiger partial charge >= 0.3 is 0 Å². The number of amides is 1. The van der Waals surface area contributed by atoms with Gasteiger partial charge in [0.15, 0.2) is 0 Å². The predicted octanol–water partition coefficient (Wildman–Crippen LogP) is 2.20. The lowest BCUT2D eigenvalue weighted by Crippen LogP contribution is -2.24. The first-order valence-electron chi connectivity index (χ1n) is 6.80. The molecule has 2 rings (SSSR count). The number of hydrogen-bond acceptors (Lipinski definition) is 3. The molecule has 0 spiro atoms. The molecule has 0 saturated heterocycles. The van der Waals surface area contributed by atoms with Gasteiger partial charge in [0, 0.05) is 30.1 Å². The summed E-state index contributed by atoms with van der Waals surface area (Å²) in [7, 11) is 1.88. The van der Waals surface area contributed by atoms with Crippen molar-refractivity contribution in [3.63, 3.8) is 0 Å². The summed E-state index contributed by atoms with van der Waals surface area (Å²) in [5.41, 5.74) is 9.33. The van der Waals surface area contributed by atoms with Crippen LogP contribution in [0.1, 0.15) is 29.8 Å². The van der Waals surface area contributed by atoms with E-state index in [0.29, 0.717) is 5.69 Å². The second-order valence-corrected chi connectivity index (χ2v) is 5.04. The van der Waals surface area contributed by atoms with Gasteiger partial charge < -0.3 is 11.1 Å². The Hall–Kier alpha value is -2.56. The minimum atomic E-state index is -0.145. The van der Waals surface area contributed by atoms with Crippen LogP contribution in [-0.4, -0.2) is 15.7 Å². The number of nitrogen functional groups attached to an aromatic ring is 1. The zero-order chi connectivity index (χ0) is 15.4. The van der Waals surface area contributed by atoms with E-state index in [1.165, 1.54) is 6.08 Å². The molecule has 0 aliphatic carbocycles. The smallest absolute Gasteiger partial charge is 0.244 e. The Morgan fingerprint density at radius 1 is 1.48 bits per heavy atom. The van der Waals surface area contributed by atoms with Crippen LogP contribution in [0.25, 0.3) is 6.08 Å². The summed E-state index contributed by atoms with van der Waals surface area (Å²) in [4.78, 5) is 11.9. The van der Waals surface area contributed by atoms with Gasteiger partial charge in [-0.25, -0.2) is 0 Å². The summed E-state index contributed by atoms with van der Waals surface area (Å²) in [6, 6.07) is 7.30. The predicted molar refractivity (Wildman–Crippen MR) is 84.4 cm³/mol. The highest BCUT2D eigenvalue weighted by Crippen LogP contribution is 2.16. The van der Waals surface area contributed by atoms with E-state index in [1.807, 2.05) is 45.2 Å². The van der Waals surface area contributed by atoms with Crippen LogP contribution >= 0.6 is 0 Å². The number of aromatic nitrogens is 2. The summed E-state index contributed by atoms with van der Waals surface area (Å²) in [5, 5.41) is 7.11. The van der Waals surface area contributed by atoms with Gasteiger partial charge in [-0.1, -0.05) is 12.1 Å². The zero-order valence-electron chi connectivity index (χ0n) is 12.5. The van der Waals surface area contributed by atoms with Gasteiger partial charge in [-0.15, -0.1) is 0 Å². The minimum Gasteiger partial charge on any atom is -0.399 e. The number of benzene rings is 1. The quantitative estimate of drug-likeness (QED) is 0.668. The van der Waals surface area contributed by atoms with Crippen LogP contribution < -0.4 is 11.1 Å². The molecule has 1 unspecified atom stereocenters. The molecular formula is C16H20N4O. The Balaban J connectivity index is 2.00. The first kappa shape index (κ1) is 14.8. The molecule has 0 bridgehead atoms. The van der Waals surface area contributed by atoms with Gasteiger partial charge in [-0.05, 0) is 37.6 Å². The molecule has 2 aromatic rings. The molecular weight excluding hydrogens is 264 g/mol. The third kappa shape index (κ3) is 3.72. The van der Waals surface area contributed by atoms with Gasteiger partial charge in [0.05, 0.1) is 12.2 Å². The van der Waals surface area contributed by atoms with E-state index in [-0.39, 0.29) is 11.9 Å². The SMILES string of the molecule is Cc1c(C(C)NC(=O)/C=C/c2cccc(N)c2)cnn1C. The molecule has 1 atom stereocenters. The van der Waals surface area contributed by atoms with Gasteiger partial charge in [0.25, 0.3) is 0 Å². The van der Waals surface area contributed by atoms with Crippen molar-refractivity contribution in [2.24, 2.45) is 7.05 Å². The molecule has 0 radical (unpaired) electrons. The molecule has 1 heterocycles. The van der Waals surface area contributed by atoms with E-state index in [9.17, 15) is 4.79 Å². The van der Waals surface area contributed by atoms with Crippen LogP contribution in [0.3, 0.4) is 0 Å². The fourth-order valence-electron chi connectivity index (χ4n) is 2.11. The molecule has 3 N–H and O–H groups in total. The standard InChI is InChI=1S/C16H20N4O/c1-11(15-10-18-20(3)12(15)2)19-16(21)8-7-13-5-4-6-14(17)9-13/h4-11H,17H2,1-3H3,(H,19,21)/b8-7+. The van der Waals surface area contributed by atoms with Gasteiger partial charge in [0.1, 0.15) is 0 Å². The Bertz CT molecular complexity index is 673. The number of nitrogens with zero attached hydrogens (tertiary/aromatic N) is 2. The number of aryl methyl sites for hydroxylation is 1. The van der Waals surface area contributed by atoms with Crippen molar-refractivity contribution in [3.05, 3.63) is 53.4 Å². The largest absolute Gasteiger partial charge is 0.399 e. The fourth-order valence-corrected chi connectivity index (χ4v) is 2.11. The van der Waals surface area contributed by atoms with E-state index in [2.05, 4.69) is 10.4 Å². The molecule has 110 valence electrons. The van der Waals surface area contributed by atoms with Crippen LogP contribution in [-0.2, 0) is 11.8 Å². The van der Waals surface area contributed by atoms with Crippen molar-refractivity contribution >= 4 is 17.7 Å². The second kappa shape index (κ2) is 6.26. The van der Waals surface area contributed by atoms with E-state index in [0.717, 1.165) is 16.8 Å². The lowest BCUT2D eigenvalue weighted by Gasteiger charge is -2.12. The number of anilines is 1. The van der Waals surface area contributed by atoms with Gasteiger partial charge in [0.2, 0.25) is 5.91 Å².